The molecule has 2 N–H and O–H groups in total. The lowest BCUT2D eigenvalue weighted by Gasteiger charge is -2.27. The van der Waals surface area contributed by atoms with Crippen LogP contribution in [0, 0.1) is 11.8 Å². The van der Waals surface area contributed by atoms with E-state index in [9.17, 15) is 4.79 Å². The second-order valence-electron chi connectivity index (χ2n) is 6.24. The number of nitrogens with two attached hydrogens (primary N) is 1. The summed E-state index contributed by atoms with van der Waals surface area (Å²) in [4.78, 5) is 14.2. The first-order valence-electron chi connectivity index (χ1n) is 6.70. The number of carbonyl (C=O) groups is 1. The van der Waals surface area contributed by atoms with Gasteiger partial charge in [0.25, 0.3) is 0 Å². The van der Waals surface area contributed by atoms with Gasteiger partial charge < -0.3 is 15.4 Å². The smallest absolute Gasteiger partial charge is 0.410 e. The number of thioether (sulfide) groups is 1. The highest BCUT2D eigenvalue weighted by Gasteiger charge is 2.47. The van der Waals surface area contributed by atoms with Crippen LogP contribution in [0.3, 0.4) is 0 Å². The summed E-state index contributed by atoms with van der Waals surface area (Å²) in [5.74, 6) is 3.38. The van der Waals surface area contributed by atoms with Gasteiger partial charge in [-0.1, -0.05) is 0 Å². The molecule has 3 unspecified atom stereocenters. The monoisotopic (exact) mass is 272 g/mol. The lowest BCUT2D eigenvalue weighted by Crippen LogP contribution is -2.41. The number of nitrogens with zero attached hydrogens (tertiary/aromatic N) is 1. The Balaban J connectivity index is 2.03. The minimum absolute atomic E-state index is 0.153. The second-order valence-corrected chi connectivity index (χ2v) is 7.31. The minimum Gasteiger partial charge on any atom is -0.444 e. The zero-order valence-corrected chi connectivity index (χ0v) is 12.3. The van der Waals surface area contributed by atoms with E-state index in [4.69, 9.17) is 10.5 Å². The molecule has 2 aliphatic heterocycles. The Morgan fingerprint density at radius 1 is 1.44 bits per heavy atom. The van der Waals surface area contributed by atoms with E-state index in [2.05, 4.69) is 0 Å². The highest BCUT2D eigenvalue weighted by molar-refractivity contribution is 7.99. The van der Waals surface area contributed by atoms with Gasteiger partial charge in [0.15, 0.2) is 0 Å². The molecule has 5 heteroatoms. The lowest BCUT2D eigenvalue weighted by molar-refractivity contribution is 0.0229. The van der Waals surface area contributed by atoms with Gasteiger partial charge in [-0.2, -0.15) is 11.8 Å². The highest BCUT2D eigenvalue weighted by Crippen LogP contribution is 2.41. The van der Waals surface area contributed by atoms with Crippen molar-refractivity contribution in [3.05, 3.63) is 0 Å². The van der Waals surface area contributed by atoms with Crippen molar-refractivity contribution in [3.63, 3.8) is 0 Å². The summed E-state index contributed by atoms with van der Waals surface area (Å²) in [6.45, 7) is 7.28. The summed E-state index contributed by atoms with van der Waals surface area (Å²) in [7, 11) is 0. The van der Waals surface area contributed by atoms with Gasteiger partial charge in [0.05, 0.1) is 0 Å². The molecule has 18 heavy (non-hydrogen) atoms. The maximum atomic E-state index is 12.2. The van der Waals surface area contributed by atoms with Crippen molar-refractivity contribution in [1.29, 1.82) is 0 Å². The predicted octanol–water partition coefficient (Wildman–Crippen LogP) is 1.93. The Morgan fingerprint density at radius 2 is 2.17 bits per heavy atom. The van der Waals surface area contributed by atoms with Crippen LogP contribution in [-0.2, 0) is 4.74 Å². The predicted molar refractivity (Wildman–Crippen MR) is 74.7 cm³/mol. The third-order valence-corrected chi connectivity index (χ3v) is 4.89. The molecule has 2 aliphatic rings. The zero-order valence-electron chi connectivity index (χ0n) is 11.5. The third kappa shape index (κ3) is 2.94. The number of likely N-dealkylation sites (tertiary alicyclic amines) is 1. The molecule has 4 nitrogen and oxygen atoms in total. The molecule has 0 aromatic heterocycles. The number of hydrogen-bond donors (Lipinski definition) is 1. The molecule has 0 radical (unpaired) electrons. The summed E-state index contributed by atoms with van der Waals surface area (Å²) in [5, 5.41) is 0. The van der Waals surface area contributed by atoms with Crippen LogP contribution in [0.4, 0.5) is 4.79 Å². The quantitative estimate of drug-likeness (QED) is 0.834. The highest BCUT2D eigenvalue weighted by atomic mass is 32.2. The Kier molecular flexibility index (Phi) is 4.11. The Hall–Kier alpha value is -0.420. The minimum atomic E-state index is -0.412. The molecule has 2 rings (SSSR count). The van der Waals surface area contributed by atoms with Crippen LogP contribution in [0.15, 0.2) is 0 Å². The summed E-state index contributed by atoms with van der Waals surface area (Å²) < 4.78 is 5.50. The van der Waals surface area contributed by atoms with Gasteiger partial charge >= 0.3 is 6.09 Å². The molecule has 0 aromatic carbocycles. The molecule has 0 aromatic rings. The molecular formula is C13H24N2O2S. The molecule has 2 heterocycles. The SMILES string of the molecule is CC(C)(C)OC(=O)N1CC(CCN)C2CSCC21. The van der Waals surface area contributed by atoms with Gasteiger partial charge in [0, 0.05) is 18.3 Å². The lowest BCUT2D eigenvalue weighted by atomic mass is 9.91. The first-order valence-corrected chi connectivity index (χ1v) is 7.85. The second kappa shape index (κ2) is 5.29. The third-order valence-electron chi connectivity index (χ3n) is 3.70. The van der Waals surface area contributed by atoms with Crippen LogP contribution in [-0.4, -0.2) is 47.2 Å². The summed E-state index contributed by atoms with van der Waals surface area (Å²) in [6, 6.07) is 0.362. The van der Waals surface area contributed by atoms with Gasteiger partial charge in [-0.15, -0.1) is 0 Å². The summed E-state index contributed by atoms with van der Waals surface area (Å²) >= 11 is 1.94. The molecule has 0 bridgehead atoms. The van der Waals surface area contributed by atoms with E-state index >= 15 is 0 Å². The van der Waals surface area contributed by atoms with Crippen LogP contribution >= 0.6 is 11.8 Å². The van der Waals surface area contributed by atoms with E-state index in [1.54, 1.807) is 0 Å². The fraction of sp³-hybridized carbons (Fsp3) is 0.923. The van der Waals surface area contributed by atoms with E-state index in [0.29, 0.717) is 24.4 Å². The average Bonchev–Trinajstić information content (AvgIpc) is 2.78. The molecule has 0 spiro atoms. The molecule has 1 amide bonds. The maximum Gasteiger partial charge on any atom is 0.410 e. The van der Waals surface area contributed by atoms with E-state index < -0.39 is 5.60 Å². The van der Waals surface area contributed by atoms with Crippen LogP contribution < -0.4 is 5.73 Å². The van der Waals surface area contributed by atoms with Crippen molar-refractivity contribution in [2.24, 2.45) is 17.6 Å². The van der Waals surface area contributed by atoms with Crippen molar-refractivity contribution in [1.82, 2.24) is 4.90 Å². The molecule has 2 fully saturated rings. The number of carbonyl (C=O) groups excluding carboxylic acids is 1. The first kappa shape index (κ1) is 14.0. The Bertz CT molecular complexity index is 317. The van der Waals surface area contributed by atoms with Crippen LogP contribution in [0.5, 0.6) is 0 Å². The zero-order chi connectivity index (χ0) is 13.3. The van der Waals surface area contributed by atoms with Gasteiger partial charge in [-0.3, -0.25) is 0 Å². The first-order chi connectivity index (χ1) is 8.42. The van der Waals surface area contributed by atoms with Crippen LogP contribution in [0.2, 0.25) is 0 Å². The van der Waals surface area contributed by atoms with Crippen molar-refractivity contribution in [2.45, 2.75) is 38.8 Å². The Morgan fingerprint density at radius 3 is 2.78 bits per heavy atom. The van der Waals surface area contributed by atoms with Crippen molar-refractivity contribution >= 4 is 17.9 Å². The van der Waals surface area contributed by atoms with Gasteiger partial charge in [0.2, 0.25) is 0 Å². The van der Waals surface area contributed by atoms with Crippen molar-refractivity contribution in [3.8, 4) is 0 Å². The number of fused-ring (bicyclic) bond motifs is 1. The van der Waals surface area contributed by atoms with E-state index in [1.165, 1.54) is 0 Å². The average molecular weight is 272 g/mol. The molecular weight excluding hydrogens is 248 g/mol. The van der Waals surface area contributed by atoms with E-state index in [1.807, 2.05) is 37.4 Å². The molecule has 3 atom stereocenters. The largest absolute Gasteiger partial charge is 0.444 e. The fourth-order valence-electron chi connectivity index (χ4n) is 2.90. The number of ether oxygens (including phenoxy) is 1. The van der Waals surface area contributed by atoms with Gasteiger partial charge in [-0.25, -0.2) is 4.79 Å². The normalized spacial score (nSPS) is 31.6. The van der Waals surface area contributed by atoms with Gasteiger partial charge in [-0.05, 0) is 51.3 Å². The van der Waals surface area contributed by atoms with E-state index in [0.717, 1.165) is 24.5 Å². The standard InChI is InChI=1S/C13H24N2O2S/c1-13(2,3)17-12(16)15-6-9(4-5-14)10-7-18-8-11(10)15/h9-11H,4-8,14H2,1-3H3. The van der Waals surface area contributed by atoms with Crippen molar-refractivity contribution in [2.75, 3.05) is 24.6 Å². The maximum absolute atomic E-state index is 12.2. The Labute approximate surface area is 114 Å². The molecule has 0 saturated carbocycles. The van der Waals surface area contributed by atoms with Crippen LogP contribution in [0.1, 0.15) is 27.2 Å². The number of hydrogen-bond acceptors (Lipinski definition) is 4. The molecule has 0 aliphatic carbocycles. The van der Waals surface area contributed by atoms with Crippen molar-refractivity contribution < 1.29 is 9.53 Å². The fourth-order valence-corrected chi connectivity index (χ4v) is 4.48. The topological polar surface area (TPSA) is 55.6 Å². The van der Waals surface area contributed by atoms with E-state index in [-0.39, 0.29) is 6.09 Å². The number of rotatable bonds is 2. The summed E-state index contributed by atoms with van der Waals surface area (Å²) in [5.41, 5.74) is 5.26. The number of amides is 1. The van der Waals surface area contributed by atoms with Gasteiger partial charge in [0.1, 0.15) is 5.60 Å². The molecule has 2 saturated heterocycles. The summed E-state index contributed by atoms with van der Waals surface area (Å²) in [6.07, 6.45) is 0.862. The molecule has 104 valence electrons. The van der Waals surface area contributed by atoms with Crippen LogP contribution in [0.25, 0.3) is 0 Å².